The van der Waals surface area contributed by atoms with Crippen LogP contribution in [0.5, 0.6) is 0 Å². The fourth-order valence-electron chi connectivity index (χ4n) is 1.72. The Morgan fingerprint density at radius 3 is 2.33 bits per heavy atom. The van der Waals surface area contributed by atoms with Crippen molar-refractivity contribution in [3.8, 4) is 0 Å². The molecule has 2 N–H and O–H groups in total. The second-order valence-electron chi connectivity index (χ2n) is 4.59. The molecule has 2 rings (SSSR count). The lowest BCUT2D eigenvalue weighted by Gasteiger charge is -2.08. The molecule has 0 aliphatic heterocycles. The van der Waals surface area contributed by atoms with E-state index in [0.717, 1.165) is 11.1 Å². The molecule has 0 aliphatic rings. The number of hydrogen-bond donors (Lipinski definition) is 2. The quantitative estimate of drug-likeness (QED) is 0.857. The highest BCUT2D eigenvalue weighted by Gasteiger charge is 2.13. The molecule has 0 aliphatic carbocycles. The van der Waals surface area contributed by atoms with E-state index in [4.69, 9.17) is 11.6 Å². The Labute approximate surface area is 128 Å². The Hall–Kier alpha value is -2.33. The molecule has 0 aromatic heterocycles. The van der Waals surface area contributed by atoms with E-state index in [2.05, 4.69) is 10.6 Å². The molecule has 0 saturated heterocycles. The molecule has 2 aromatic rings. The van der Waals surface area contributed by atoms with E-state index in [1.54, 1.807) is 30.3 Å². The molecule has 0 bridgehead atoms. The summed E-state index contributed by atoms with van der Waals surface area (Å²) in [5.41, 5.74) is 2.42. The molecule has 0 saturated carbocycles. The van der Waals surface area contributed by atoms with Gasteiger partial charge in [-0.05, 0) is 30.7 Å². The Bertz CT molecular complexity index is 654. The van der Waals surface area contributed by atoms with Crippen molar-refractivity contribution in [3.05, 3.63) is 64.7 Å². The highest BCUT2D eigenvalue weighted by Crippen LogP contribution is 2.14. The van der Waals surface area contributed by atoms with E-state index < -0.39 is 11.8 Å². The van der Waals surface area contributed by atoms with Crippen LogP contribution in [-0.4, -0.2) is 11.8 Å². The molecular weight excluding hydrogens is 288 g/mol. The molecule has 0 heterocycles. The van der Waals surface area contributed by atoms with Crippen molar-refractivity contribution in [2.24, 2.45) is 0 Å². The first-order valence-electron chi connectivity index (χ1n) is 6.45. The molecule has 0 radical (unpaired) electrons. The number of benzene rings is 2. The molecule has 2 aromatic carbocycles. The van der Waals surface area contributed by atoms with Crippen molar-refractivity contribution >= 4 is 29.1 Å². The number of anilines is 1. The van der Waals surface area contributed by atoms with Gasteiger partial charge in [-0.3, -0.25) is 9.59 Å². The van der Waals surface area contributed by atoms with Crippen LogP contribution in [-0.2, 0) is 16.1 Å². The van der Waals surface area contributed by atoms with Crippen LogP contribution in [0.2, 0.25) is 5.02 Å². The maximum Gasteiger partial charge on any atom is 0.313 e. The van der Waals surface area contributed by atoms with Gasteiger partial charge in [-0.15, -0.1) is 0 Å². The maximum absolute atomic E-state index is 11.7. The van der Waals surface area contributed by atoms with E-state index in [9.17, 15) is 9.59 Å². The molecule has 0 fully saturated rings. The molecule has 0 unspecified atom stereocenters. The number of rotatable bonds is 3. The number of hydrogen-bond acceptors (Lipinski definition) is 2. The van der Waals surface area contributed by atoms with Crippen LogP contribution in [0, 0.1) is 6.92 Å². The normalized spacial score (nSPS) is 10.0. The summed E-state index contributed by atoms with van der Waals surface area (Å²) in [4.78, 5) is 23.5. The minimum absolute atomic E-state index is 0.208. The van der Waals surface area contributed by atoms with Gasteiger partial charge in [-0.25, -0.2) is 0 Å². The number of carbonyl (C=O) groups excluding carboxylic acids is 2. The Morgan fingerprint density at radius 2 is 1.67 bits per heavy atom. The lowest BCUT2D eigenvalue weighted by Crippen LogP contribution is -2.35. The lowest BCUT2D eigenvalue weighted by molar-refractivity contribution is -0.136. The van der Waals surface area contributed by atoms with Gasteiger partial charge in [-0.2, -0.15) is 0 Å². The van der Waals surface area contributed by atoms with E-state index in [0.29, 0.717) is 10.7 Å². The van der Waals surface area contributed by atoms with Crippen molar-refractivity contribution < 1.29 is 9.59 Å². The molecule has 108 valence electrons. The third-order valence-electron chi connectivity index (χ3n) is 2.91. The zero-order valence-electron chi connectivity index (χ0n) is 11.5. The minimum Gasteiger partial charge on any atom is -0.344 e. The minimum atomic E-state index is -0.703. The van der Waals surface area contributed by atoms with Gasteiger partial charge in [0.25, 0.3) is 0 Å². The second-order valence-corrected chi connectivity index (χ2v) is 5.00. The van der Waals surface area contributed by atoms with Crippen molar-refractivity contribution in [2.75, 3.05) is 5.32 Å². The Morgan fingerprint density at radius 1 is 1.00 bits per heavy atom. The smallest absolute Gasteiger partial charge is 0.313 e. The van der Waals surface area contributed by atoms with Crippen molar-refractivity contribution in [1.82, 2.24) is 5.32 Å². The van der Waals surface area contributed by atoms with Crippen molar-refractivity contribution in [2.45, 2.75) is 13.5 Å². The Kier molecular flexibility index (Phi) is 4.95. The zero-order valence-corrected chi connectivity index (χ0v) is 12.3. The maximum atomic E-state index is 11.7. The first-order chi connectivity index (χ1) is 10.1. The third-order valence-corrected chi connectivity index (χ3v) is 3.28. The average molecular weight is 303 g/mol. The van der Waals surface area contributed by atoms with Crippen LogP contribution in [0.15, 0.2) is 48.5 Å². The first-order valence-corrected chi connectivity index (χ1v) is 6.83. The average Bonchev–Trinajstić information content (AvgIpc) is 2.48. The zero-order chi connectivity index (χ0) is 15.2. The number of halogens is 1. The summed E-state index contributed by atoms with van der Waals surface area (Å²) < 4.78 is 0. The standard InChI is InChI=1S/C16H15ClN2O2/c1-11-6-8-13(9-7-11)19-16(21)15(20)18-10-12-4-2-3-5-14(12)17/h2-9H,10H2,1H3,(H,18,20)(H,19,21). The summed E-state index contributed by atoms with van der Waals surface area (Å²) in [5, 5.41) is 5.62. The number of amides is 2. The molecule has 0 atom stereocenters. The molecular formula is C16H15ClN2O2. The highest BCUT2D eigenvalue weighted by molar-refractivity contribution is 6.39. The first kappa shape index (κ1) is 15.1. The van der Waals surface area contributed by atoms with Crippen LogP contribution in [0.25, 0.3) is 0 Å². The van der Waals surface area contributed by atoms with Crippen LogP contribution >= 0.6 is 11.6 Å². The van der Waals surface area contributed by atoms with Gasteiger partial charge < -0.3 is 10.6 Å². The fourth-order valence-corrected chi connectivity index (χ4v) is 1.92. The van der Waals surface area contributed by atoms with Gasteiger partial charge in [0.15, 0.2) is 0 Å². The SMILES string of the molecule is Cc1ccc(NC(=O)C(=O)NCc2ccccc2Cl)cc1. The fraction of sp³-hybridized carbons (Fsp3) is 0.125. The summed E-state index contributed by atoms with van der Waals surface area (Å²) in [5.74, 6) is -1.40. The molecule has 21 heavy (non-hydrogen) atoms. The van der Waals surface area contributed by atoms with Gasteiger partial charge >= 0.3 is 11.8 Å². The van der Waals surface area contributed by atoms with Crippen molar-refractivity contribution in [3.63, 3.8) is 0 Å². The van der Waals surface area contributed by atoms with E-state index >= 15 is 0 Å². The second kappa shape index (κ2) is 6.90. The molecule has 5 heteroatoms. The molecule has 2 amide bonds. The van der Waals surface area contributed by atoms with Gasteiger partial charge in [-0.1, -0.05) is 47.5 Å². The van der Waals surface area contributed by atoms with Crippen LogP contribution in [0.3, 0.4) is 0 Å². The number of nitrogens with one attached hydrogen (secondary N) is 2. The summed E-state index contributed by atoms with van der Waals surface area (Å²) in [7, 11) is 0. The van der Waals surface area contributed by atoms with E-state index in [1.165, 1.54) is 0 Å². The monoisotopic (exact) mass is 302 g/mol. The molecule has 4 nitrogen and oxygen atoms in total. The predicted molar refractivity (Wildman–Crippen MR) is 83.1 cm³/mol. The number of carbonyl (C=O) groups is 2. The molecule has 0 spiro atoms. The van der Waals surface area contributed by atoms with Crippen LogP contribution < -0.4 is 10.6 Å². The third kappa shape index (κ3) is 4.33. The van der Waals surface area contributed by atoms with Crippen LogP contribution in [0.1, 0.15) is 11.1 Å². The van der Waals surface area contributed by atoms with Gasteiger partial charge in [0.2, 0.25) is 0 Å². The highest BCUT2D eigenvalue weighted by atomic mass is 35.5. The summed E-state index contributed by atoms with van der Waals surface area (Å²) in [6, 6.07) is 14.4. The Balaban J connectivity index is 1.90. The lowest BCUT2D eigenvalue weighted by atomic mass is 10.2. The predicted octanol–water partition coefficient (Wildman–Crippen LogP) is 2.90. The topological polar surface area (TPSA) is 58.2 Å². The summed E-state index contributed by atoms with van der Waals surface area (Å²) in [6.07, 6.45) is 0. The van der Waals surface area contributed by atoms with Crippen molar-refractivity contribution in [1.29, 1.82) is 0 Å². The summed E-state index contributed by atoms with van der Waals surface area (Å²) in [6.45, 7) is 2.15. The number of aryl methyl sites for hydroxylation is 1. The van der Waals surface area contributed by atoms with Crippen LogP contribution in [0.4, 0.5) is 5.69 Å². The van der Waals surface area contributed by atoms with Gasteiger partial charge in [0, 0.05) is 17.3 Å². The van der Waals surface area contributed by atoms with E-state index in [1.807, 2.05) is 25.1 Å². The largest absolute Gasteiger partial charge is 0.344 e. The van der Waals surface area contributed by atoms with E-state index in [-0.39, 0.29) is 6.54 Å². The van der Waals surface area contributed by atoms with Gasteiger partial charge in [0.05, 0.1) is 0 Å². The van der Waals surface area contributed by atoms with Gasteiger partial charge in [0.1, 0.15) is 0 Å². The summed E-state index contributed by atoms with van der Waals surface area (Å²) >= 11 is 5.98.